The number of para-hydroxylation sites is 1. The SMILES string of the molecule is CC(C)(C)c1c(Cl)c(C(=O)O)nn1-c1c(F)cccc1Cl. The summed E-state index contributed by atoms with van der Waals surface area (Å²) in [6.07, 6.45) is 0. The molecule has 1 heterocycles. The Morgan fingerprint density at radius 1 is 1.33 bits per heavy atom. The third-order valence-electron chi connectivity index (χ3n) is 2.89. The fourth-order valence-electron chi connectivity index (χ4n) is 2.04. The van der Waals surface area contributed by atoms with Crippen molar-refractivity contribution in [3.63, 3.8) is 0 Å². The average molecular weight is 331 g/mol. The first-order valence-electron chi connectivity index (χ1n) is 6.11. The van der Waals surface area contributed by atoms with E-state index in [0.29, 0.717) is 5.69 Å². The molecule has 2 rings (SSSR count). The van der Waals surface area contributed by atoms with Crippen LogP contribution in [-0.4, -0.2) is 20.9 Å². The second-order valence-electron chi connectivity index (χ2n) is 5.55. The highest BCUT2D eigenvalue weighted by atomic mass is 35.5. The van der Waals surface area contributed by atoms with Crippen LogP contribution in [0.2, 0.25) is 10.0 Å². The maximum Gasteiger partial charge on any atom is 0.358 e. The highest BCUT2D eigenvalue weighted by molar-refractivity contribution is 6.34. The number of aromatic nitrogens is 2. The van der Waals surface area contributed by atoms with E-state index in [1.807, 2.05) is 20.8 Å². The molecular weight excluding hydrogens is 318 g/mol. The van der Waals surface area contributed by atoms with E-state index in [1.165, 1.54) is 22.9 Å². The molecule has 0 spiro atoms. The van der Waals surface area contributed by atoms with E-state index in [0.717, 1.165) is 0 Å². The molecule has 1 aromatic heterocycles. The number of rotatable bonds is 2. The summed E-state index contributed by atoms with van der Waals surface area (Å²) >= 11 is 12.2. The lowest BCUT2D eigenvalue weighted by Crippen LogP contribution is -2.19. The maximum atomic E-state index is 14.1. The van der Waals surface area contributed by atoms with Gasteiger partial charge in [0.2, 0.25) is 0 Å². The molecule has 0 aliphatic rings. The monoisotopic (exact) mass is 330 g/mol. The number of hydrogen-bond acceptors (Lipinski definition) is 2. The number of carboxylic acids is 1. The van der Waals surface area contributed by atoms with Crippen molar-refractivity contribution in [2.45, 2.75) is 26.2 Å². The van der Waals surface area contributed by atoms with Crippen molar-refractivity contribution in [2.24, 2.45) is 0 Å². The molecule has 21 heavy (non-hydrogen) atoms. The van der Waals surface area contributed by atoms with Crippen LogP contribution < -0.4 is 0 Å². The molecule has 0 unspecified atom stereocenters. The summed E-state index contributed by atoms with van der Waals surface area (Å²) in [5.41, 5.74) is -0.517. The van der Waals surface area contributed by atoms with Gasteiger partial charge in [-0.15, -0.1) is 0 Å². The zero-order valence-electron chi connectivity index (χ0n) is 11.6. The molecule has 2 aromatic rings. The lowest BCUT2D eigenvalue weighted by atomic mass is 9.91. The second kappa shape index (κ2) is 5.31. The van der Waals surface area contributed by atoms with E-state index >= 15 is 0 Å². The van der Waals surface area contributed by atoms with Gasteiger partial charge in [-0.25, -0.2) is 13.9 Å². The maximum absolute atomic E-state index is 14.1. The molecule has 1 aromatic carbocycles. The third kappa shape index (κ3) is 2.76. The molecule has 112 valence electrons. The van der Waals surface area contributed by atoms with Crippen molar-refractivity contribution in [3.8, 4) is 5.69 Å². The summed E-state index contributed by atoms with van der Waals surface area (Å²) in [6, 6.07) is 4.19. The van der Waals surface area contributed by atoms with Gasteiger partial charge in [0.05, 0.1) is 15.7 Å². The van der Waals surface area contributed by atoms with Crippen LogP contribution in [0.25, 0.3) is 5.69 Å². The zero-order chi connectivity index (χ0) is 15.9. The van der Waals surface area contributed by atoms with E-state index in [1.54, 1.807) is 0 Å². The van der Waals surface area contributed by atoms with Gasteiger partial charge in [0, 0.05) is 5.41 Å². The summed E-state index contributed by atoms with van der Waals surface area (Å²) in [5.74, 6) is -1.89. The van der Waals surface area contributed by atoms with Crippen molar-refractivity contribution < 1.29 is 14.3 Å². The van der Waals surface area contributed by atoms with Crippen LogP contribution in [0.4, 0.5) is 4.39 Å². The summed E-state index contributed by atoms with van der Waals surface area (Å²) in [4.78, 5) is 11.2. The van der Waals surface area contributed by atoms with Gasteiger partial charge in [0.25, 0.3) is 0 Å². The molecule has 0 radical (unpaired) electrons. The standard InChI is InChI=1S/C14H13Cl2FN2O2/c1-14(2,3)12-9(16)10(13(20)21)18-19(12)11-7(15)5-4-6-8(11)17/h4-6H,1-3H3,(H,20,21). The molecule has 0 atom stereocenters. The summed E-state index contributed by atoms with van der Waals surface area (Å²) in [6.45, 7) is 5.48. The van der Waals surface area contributed by atoms with Gasteiger partial charge in [0.15, 0.2) is 5.69 Å². The van der Waals surface area contributed by atoms with Crippen LogP contribution in [0.3, 0.4) is 0 Å². The summed E-state index contributed by atoms with van der Waals surface area (Å²) < 4.78 is 15.3. The Morgan fingerprint density at radius 2 is 1.95 bits per heavy atom. The van der Waals surface area contributed by atoms with Crippen LogP contribution in [0.5, 0.6) is 0 Å². The normalized spacial score (nSPS) is 11.7. The number of carboxylic acid groups (broad SMARTS) is 1. The highest BCUT2D eigenvalue weighted by Crippen LogP contribution is 2.36. The molecule has 4 nitrogen and oxygen atoms in total. The highest BCUT2D eigenvalue weighted by Gasteiger charge is 2.31. The Labute approximate surface area is 131 Å². The first-order chi connectivity index (χ1) is 9.64. The zero-order valence-corrected chi connectivity index (χ0v) is 13.1. The lowest BCUT2D eigenvalue weighted by molar-refractivity contribution is 0.0690. The summed E-state index contributed by atoms with van der Waals surface area (Å²) in [7, 11) is 0. The van der Waals surface area contributed by atoms with Gasteiger partial charge >= 0.3 is 5.97 Å². The van der Waals surface area contributed by atoms with Crippen LogP contribution in [0.15, 0.2) is 18.2 Å². The van der Waals surface area contributed by atoms with E-state index in [2.05, 4.69) is 5.10 Å². The van der Waals surface area contributed by atoms with E-state index in [9.17, 15) is 9.18 Å². The fourth-order valence-corrected chi connectivity index (χ4v) is 2.76. The predicted octanol–water partition coefficient (Wildman–Crippen LogP) is 4.31. The lowest BCUT2D eigenvalue weighted by Gasteiger charge is -2.21. The van der Waals surface area contributed by atoms with Crippen LogP contribution >= 0.6 is 23.2 Å². The number of hydrogen-bond donors (Lipinski definition) is 1. The Hall–Kier alpha value is -1.59. The molecule has 0 aliphatic carbocycles. The third-order valence-corrected chi connectivity index (χ3v) is 3.55. The van der Waals surface area contributed by atoms with Gasteiger partial charge in [0.1, 0.15) is 11.5 Å². The quantitative estimate of drug-likeness (QED) is 0.892. The van der Waals surface area contributed by atoms with Gasteiger partial charge in [-0.05, 0) is 12.1 Å². The van der Waals surface area contributed by atoms with Gasteiger partial charge < -0.3 is 5.11 Å². The first-order valence-corrected chi connectivity index (χ1v) is 6.87. The van der Waals surface area contributed by atoms with Gasteiger partial charge in [-0.2, -0.15) is 5.10 Å². The molecule has 0 aliphatic heterocycles. The van der Waals surface area contributed by atoms with E-state index < -0.39 is 17.2 Å². The molecule has 0 fully saturated rings. The van der Waals surface area contributed by atoms with Gasteiger partial charge in [-0.1, -0.05) is 50.0 Å². The minimum atomic E-state index is -1.28. The molecular formula is C14H13Cl2FN2O2. The van der Waals surface area contributed by atoms with Crippen molar-refractivity contribution in [3.05, 3.63) is 45.4 Å². The minimum absolute atomic E-state index is 0.0153. The Balaban J connectivity index is 2.86. The molecule has 7 heteroatoms. The number of benzene rings is 1. The van der Waals surface area contributed by atoms with Crippen molar-refractivity contribution in [1.82, 2.24) is 9.78 Å². The first kappa shape index (κ1) is 15.8. The van der Waals surface area contributed by atoms with Crippen molar-refractivity contribution >= 4 is 29.2 Å². The minimum Gasteiger partial charge on any atom is -0.476 e. The average Bonchev–Trinajstić information content (AvgIpc) is 2.66. The number of nitrogens with zero attached hydrogens (tertiary/aromatic N) is 2. The van der Waals surface area contributed by atoms with E-state index in [4.69, 9.17) is 28.3 Å². The number of halogens is 3. The molecule has 0 amide bonds. The molecule has 1 N–H and O–H groups in total. The predicted molar refractivity (Wildman–Crippen MR) is 79.2 cm³/mol. The number of carbonyl (C=O) groups is 1. The largest absolute Gasteiger partial charge is 0.476 e. The fraction of sp³-hybridized carbons (Fsp3) is 0.286. The van der Waals surface area contributed by atoms with Gasteiger partial charge in [-0.3, -0.25) is 0 Å². The van der Waals surface area contributed by atoms with Crippen LogP contribution in [-0.2, 0) is 5.41 Å². The molecule has 0 bridgehead atoms. The van der Waals surface area contributed by atoms with Crippen LogP contribution in [0.1, 0.15) is 37.0 Å². The number of aromatic carboxylic acids is 1. The summed E-state index contributed by atoms with van der Waals surface area (Å²) in [5, 5.41) is 13.2. The second-order valence-corrected chi connectivity index (χ2v) is 6.33. The Kier molecular flexibility index (Phi) is 4.00. The van der Waals surface area contributed by atoms with Crippen LogP contribution in [0, 0.1) is 5.82 Å². The van der Waals surface area contributed by atoms with Crippen molar-refractivity contribution in [1.29, 1.82) is 0 Å². The Morgan fingerprint density at radius 3 is 2.43 bits per heavy atom. The Bertz CT molecular complexity index is 700. The smallest absolute Gasteiger partial charge is 0.358 e. The van der Waals surface area contributed by atoms with Crippen molar-refractivity contribution in [2.75, 3.05) is 0 Å². The molecule has 0 saturated carbocycles. The molecule has 0 saturated heterocycles. The van der Waals surface area contributed by atoms with E-state index in [-0.39, 0.29) is 21.4 Å². The topological polar surface area (TPSA) is 55.1 Å².